The first kappa shape index (κ1) is 10.6. The SMILES string of the molecule is CO[Si]1(OC)OCCC2CCCCN21. The van der Waals surface area contributed by atoms with Crippen LogP contribution in [-0.4, -0.2) is 46.9 Å². The summed E-state index contributed by atoms with van der Waals surface area (Å²) in [5.74, 6) is 0. The van der Waals surface area contributed by atoms with Crippen LogP contribution >= 0.6 is 0 Å². The van der Waals surface area contributed by atoms with Crippen molar-refractivity contribution < 1.29 is 13.3 Å². The highest BCUT2D eigenvalue weighted by atomic mass is 28.4. The number of rotatable bonds is 2. The first-order chi connectivity index (χ1) is 6.82. The molecule has 2 aliphatic heterocycles. The minimum Gasteiger partial charge on any atom is -0.364 e. The van der Waals surface area contributed by atoms with E-state index < -0.39 is 8.97 Å². The van der Waals surface area contributed by atoms with Crippen LogP contribution in [0.4, 0.5) is 0 Å². The van der Waals surface area contributed by atoms with E-state index >= 15 is 0 Å². The fraction of sp³-hybridized carbons (Fsp3) is 1.00. The predicted octanol–water partition coefficient (Wildman–Crippen LogP) is 0.990. The van der Waals surface area contributed by atoms with Crippen molar-refractivity contribution in [2.24, 2.45) is 0 Å². The quantitative estimate of drug-likeness (QED) is 0.645. The molecule has 5 heteroatoms. The molecule has 2 heterocycles. The van der Waals surface area contributed by atoms with Gasteiger partial charge in [0, 0.05) is 26.9 Å². The number of fused-ring (bicyclic) bond motifs is 1. The van der Waals surface area contributed by atoms with Gasteiger partial charge in [-0.1, -0.05) is 6.42 Å². The van der Waals surface area contributed by atoms with Crippen LogP contribution in [0.15, 0.2) is 0 Å². The normalized spacial score (nSPS) is 32.6. The van der Waals surface area contributed by atoms with Crippen LogP contribution in [0.1, 0.15) is 25.7 Å². The van der Waals surface area contributed by atoms with Gasteiger partial charge in [0.25, 0.3) is 0 Å². The minimum absolute atomic E-state index is 0.629. The van der Waals surface area contributed by atoms with Crippen LogP contribution in [0.2, 0.25) is 0 Å². The number of hydrogen-bond acceptors (Lipinski definition) is 4. The second-order valence-corrected chi connectivity index (χ2v) is 6.64. The maximum Gasteiger partial charge on any atom is 0.599 e. The highest BCUT2D eigenvalue weighted by Crippen LogP contribution is 2.30. The van der Waals surface area contributed by atoms with Crippen LogP contribution in [-0.2, 0) is 13.3 Å². The lowest BCUT2D eigenvalue weighted by atomic mass is 10.0. The summed E-state index contributed by atoms with van der Waals surface area (Å²) in [5.41, 5.74) is 0. The Morgan fingerprint density at radius 3 is 2.71 bits per heavy atom. The Hall–Kier alpha value is 0.0569. The summed E-state index contributed by atoms with van der Waals surface area (Å²) in [7, 11) is 0.943. The topological polar surface area (TPSA) is 30.9 Å². The van der Waals surface area contributed by atoms with Crippen molar-refractivity contribution in [2.45, 2.75) is 31.7 Å². The van der Waals surface area contributed by atoms with E-state index in [1.54, 1.807) is 14.2 Å². The smallest absolute Gasteiger partial charge is 0.364 e. The molecule has 0 aromatic carbocycles. The third-order valence-corrected chi connectivity index (χ3v) is 6.12. The number of nitrogens with zero attached hydrogens (tertiary/aromatic N) is 1. The van der Waals surface area contributed by atoms with Crippen molar-refractivity contribution in [3.8, 4) is 0 Å². The summed E-state index contributed by atoms with van der Waals surface area (Å²) >= 11 is 0. The molecule has 0 N–H and O–H groups in total. The van der Waals surface area contributed by atoms with Gasteiger partial charge in [0.1, 0.15) is 0 Å². The van der Waals surface area contributed by atoms with Gasteiger partial charge in [-0.25, -0.2) is 0 Å². The third kappa shape index (κ3) is 1.63. The van der Waals surface area contributed by atoms with Crippen LogP contribution in [0.25, 0.3) is 0 Å². The van der Waals surface area contributed by atoms with E-state index in [9.17, 15) is 0 Å². The molecular formula is C9H19NO3Si. The van der Waals surface area contributed by atoms with Gasteiger partial charge in [0.15, 0.2) is 0 Å². The Kier molecular flexibility index (Phi) is 3.23. The molecule has 4 nitrogen and oxygen atoms in total. The molecule has 0 aliphatic carbocycles. The zero-order chi connectivity index (χ0) is 10.0. The molecule has 0 saturated carbocycles. The van der Waals surface area contributed by atoms with Crippen molar-refractivity contribution >= 4 is 8.97 Å². The van der Waals surface area contributed by atoms with Gasteiger partial charge < -0.3 is 13.3 Å². The largest absolute Gasteiger partial charge is 0.599 e. The van der Waals surface area contributed by atoms with Gasteiger partial charge in [-0.2, -0.15) is 0 Å². The van der Waals surface area contributed by atoms with E-state index in [1.807, 2.05) is 0 Å². The Labute approximate surface area is 86.6 Å². The first-order valence-electron chi connectivity index (χ1n) is 5.33. The van der Waals surface area contributed by atoms with Crippen molar-refractivity contribution in [2.75, 3.05) is 27.4 Å². The average molecular weight is 217 g/mol. The van der Waals surface area contributed by atoms with Gasteiger partial charge in [-0.15, -0.1) is 0 Å². The minimum atomic E-state index is -2.46. The van der Waals surface area contributed by atoms with E-state index in [2.05, 4.69) is 4.57 Å². The highest BCUT2D eigenvalue weighted by Gasteiger charge is 2.53. The third-order valence-electron chi connectivity index (χ3n) is 3.23. The maximum absolute atomic E-state index is 5.75. The number of hydrogen-bond donors (Lipinski definition) is 0. The molecule has 2 rings (SSSR count). The van der Waals surface area contributed by atoms with E-state index in [1.165, 1.54) is 19.3 Å². The van der Waals surface area contributed by atoms with E-state index in [0.717, 1.165) is 19.6 Å². The summed E-state index contributed by atoms with van der Waals surface area (Å²) in [6.45, 7) is 1.85. The average Bonchev–Trinajstić information content (AvgIpc) is 2.28. The Balaban J connectivity index is 2.14. The second-order valence-electron chi connectivity index (χ2n) is 3.91. The second kappa shape index (κ2) is 4.28. The summed E-state index contributed by atoms with van der Waals surface area (Å²) < 4.78 is 19.1. The molecule has 2 fully saturated rings. The molecule has 2 saturated heterocycles. The van der Waals surface area contributed by atoms with Gasteiger partial charge >= 0.3 is 8.97 Å². The highest BCUT2D eigenvalue weighted by molar-refractivity contribution is 6.57. The predicted molar refractivity (Wildman–Crippen MR) is 54.7 cm³/mol. The van der Waals surface area contributed by atoms with Crippen molar-refractivity contribution in [1.82, 2.24) is 4.57 Å². The Morgan fingerprint density at radius 1 is 1.21 bits per heavy atom. The maximum atomic E-state index is 5.75. The van der Waals surface area contributed by atoms with Gasteiger partial charge in [-0.05, 0) is 25.8 Å². The molecule has 1 unspecified atom stereocenters. The summed E-state index contributed by atoms with van der Waals surface area (Å²) in [6, 6.07) is 0.629. The lowest BCUT2D eigenvalue weighted by Crippen LogP contribution is -2.67. The Morgan fingerprint density at radius 2 is 2.00 bits per heavy atom. The molecule has 0 spiro atoms. The van der Waals surface area contributed by atoms with Gasteiger partial charge in [0.2, 0.25) is 0 Å². The van der Waals surface area contributed by atoms with Crippen LogP contribution < -0.4 is 0 Å². The van der Waals surface area contributed by atoms with Gasteiger partial charge in [-0.3, -0.25) is 4.57 Å². The molecule has 0 bridgehead atoms. The summed E-state index contributed by atoms with van der Waals surface area (Å²) in [4.78, 5) is 0. The van der Waals surface area contributed by atoms with E-state index in [0.29, 0.717) is 6.04 Å². The fourth-order valence-electron chi connectivity index (χ4n) is 2.50. The van der Waals surface area contributed by atoms with Crippen LogP contribution in [0.3, 0.4) is 0 Å². The van der Waals surface area contributed by atoms with Crippen LogP contribution in [0, 0.1) is 0 Å². The van der Waals surface area contributed by atoms with E-state index in [-0.39, 0.29) is 0 Å². The lowest BCUT2D eigenvalue weighted by molar-refractivity contribution is -0.0209. The molecule has 0 aromatic heterocycles. The fourth-order valence-corrected chi connectivity index (χ4v) is 5.05. The molecule has 0 amide bonds. The lowest BCUT2D eigenvalue weighted by Gasteiger charge is -2.47. The molecule has 82 valence electrons. The molecule has 0 aromatic rings. The van der Waals surface area contributed by atoms with Crippen LogP contribution in [0.5, 0.6) is 0 Å². The first-order valence-corrected chi connectivity index (χ1v) is 7.00. The summed E-state index contributed by atoms with van der Waals surface area (Å²) in [5, 5.41) is 0. The molecule has 1 atom stereocenters. The molecular weight excluding hydrogens is 198 g/mol. The molecule has 0 radical (unpaired) electrons. The van der Waals surface area contributed by atoms with Crippen molar-refractivity contribution in [1.29, 1.82) is 0 Å². The molecule has 14 heavy (non-hydrogen) atoms. The zero-order valence-electron chi connectivity index (χ0n) is 8.99. The van der Waals surface area contributed by atoms with E-state index in [4.69, 9.17) is 13.3 Å². The molecule has 2 aliphatic rings. The van der Waals surface area contributed by atoms with Gasteiger partial charge in [0.05, 0.1) is 0 Å². The zero-order valence-corrected chi connectivity index (χ0v) is 9.99. The Bertz CT molecular complexity index is 196. The monoisotopic (exact) mass is 217 g/mol. The standard InChI is InChI=1S/C9H19NO3Si/c1-11-14(12-2)10-7-4-3-5-9(10)6-8-13-14/h9H,3-8H2,1-2H3. The number of piperidine rings is 1. The van der Waals surface area contributed by atoms with Crippen molar-refractivity contribution in [3.63, 3.8) is 0 Å². The summed E-state index contributed by atoms with van der Waals surface area (Å²) in [6.07, 6.45) is 4.96. The van der Waals surface area contributed by atoms with Crippen molar-refractivity contribution in [3.05, 3.63) is 0 Å².